The fourth-order valence-corrected chi connectivity index (χ4v) is 1.51. The van der Waals surface area contributed by atoms with Gasteiger partial charge in [-0.05, 0) is 26.2 Å². The maximum Gasteiger partial charge on any atom is 0.157 e. The topological polar surface area (TPSA) is 18.5 Å². The second-order valence-corrected chi connectivity index (χ2v) is 4.08. The molecule has 1 rings (SSSR count). The zero-order chi connectivity index (χ0) is 9.52. The van der Waals surface area contributed by atoms with E-state index in [0.29, 0.717) is 6.61 Å². The molecule has 2 nitrogen and oxygen atoms in total. The zero-order valence-corrected chi connectivity index (χ0v) is 10.2. The highest BCUT2D eigenvalue weighted by Crippen LogP contribution is 2.13. The molecule has 13 heavy (non-hydrogen) atoms. The van der Waals surface area contributed by atoms with E-state index in [1.807, 2.05) is 0 Å². The average molecular weight is 296 g/mol. The molecule has 1 unspecified atom stereocenters. The maximum atomic E-state index is 5.55. The lowest BCUT2D eigenvalue weighted by molar-refractivity contribution is -0.155. The number of halogens is 1. The molecule has 76 valence electrons. The first-order valence-corrected chi connectivity index (χ1v) is 6.30. The van der Waals surface area contributed by atoms with Gasteiger partial charge in [-0.1, -0.05) is 34.2 Å². The van der Waals surface area contributed by atoms with Gasteiger partial charge in [-0.2, -0.15) is 0 Å². The summed E-state index contributed by atoms with van der Waals surface area (Å²) in [7, 11) is 0. The summed E-state index contributed by atoms with van der Waals surface area (Å²) >= 11 is 2.35. The van der Waals surface area contributed by atoms with Gasteiger partial charge in [-0.25, -0.2) is 0 Å². The van der Waals surface area contributed by atoms with Crippen LogP contribution in [-0.2, 0) is 9.47 Å². The summed E-state index contributed by atoms with van der Waals surface area (Å²) in [5, 5.41) is 0. The Morgan fingerprint density at radius 2 is 2.46 bits per heavy atom. The van der Waals surface area contributed by atoms with Crippen molar-refractivity contribution < 1.29 is 9.47 Å². The molecule has 1 heterocycles. The summed E-state index contributed by atoms with van der Waals surface area (Å²) in [6, 6.07) is 0. The van der Waals surface area contributed by atoms with Crippen LogP contribution in [-0.4, -0.2) is 23.9 Å². The van der Waals surface area contributed by atoms with Crippen molar-refractivity contribution in [3.63, 3.8) is 0 Å². The van der Waals surface area contributed by atoms with E-state index in [2.05, 4.69) is 35.6 Å². The van der Waals surface area contributed by atoms with Crippen LogP contribution in [0, 0.1) is 0 Å². The molecule has 0 N–H and O–H groups in total. The summed E-state index contributed by atoms with van der Waals surface area (Å²) in [5.41, 5.74) is 1.37. The van der Waals surface area contributed by atoms with E-state index >= 15 is 0 Å². The van der Waals surface area contributed by atoms with E-state index in [0.717, 1.165) is 17.5 Å². The molecule has 0 aromatic carbocycles. The van der Waals surface area contributed by atoms with Crippen molar-refractivity contribution in [1.82, 2.24) is 0 Å². The number of allylic oxidation sites excluding steroid dienone is 1. The minimum absolute atomic E-state index is 0.0482. The fraction of sp³-hybridized carbons (Fsp3) is 0.800. The minimum Gasteiger partial charge on any atom is -0.353 e. The van der Waals surface area contributed by atoms with Crippen LogP contribution in [0.4, 0.5) is 0 Å². The highest BCUT2D eigenvalue weighted by atomic mass is 127. The van der Waals surface area contributed by atoms with E-state index in [1.165, 1.54) is 18.4 Å². The van der Waals surface area contributed by atoms with Gasteiger partial charge in [-0.15, -0.1) is 0 Å². The fourth-order valence-electron chi connectivity index (χ4n) is 1.19. The van der Waals surface area contributed by atoms with Gasteiger partial charge in [0, 0.05) is 11.0 Å². The number of hydrogen-bond acceptors (Lipinski definition) is 2. The van der Waals surface area contributed by atoms with Gasteiger partial charge in [0.2, 0.25) is 0 Å². The molecule has 1 aliphatic heterocycles. The first kappa shape index (κ1) is 11.5. The molecule has 1 saturated heterocycles. The maximum absolute atomic E-state index is 5.55. The first-order chi connectivity index (χ1) is 6.33. The third kappa shape index (κ3) is 4.98. The molecule has 0 aliphatic carbocycles. The van der Waals surface area contributed by atoms with E-state index in [1.54, 1.807) is 0 Å². The van der Waals surface area contributed by atoms with Gasteiger partial charge >= 0.3 is 0 Å². The van der Waals surface area contributed by atoms with Crippen molar-refractivity contribution in [2.75, 3.05) is 17.6 Å². The lowest BCUT2D eigenvalue weighted by Gasteiger charge is -2.22. The van der Waals surface area contributed by atoms with E-state index in [-0.39, 0.29) is 6.29 Å². The molecule has 0 amide bonds. The van der Waals surface area contributed by atoms with Gasteiger partial charge in [0.15, 0.2) is 6.29 Å². The number of rotatable bonds is 4. The van der Waals surface area contributed by atoms with E-state index in [4.69, 9.17) is 9.47 Å². The normalized spacial score (nSPS) is 24.8. The van der Waals surface area contributed by atoms with Crippen molar-refractivity contribution in [2.24, 2.45) is 0 Å². The number of alkyl halides is 1. The van der Waals surface area contributed by atoms with Gasteiger partial charge in [0.05, 0.1) is 6.61 Å². The Labute approximate surface area is 93.8 Å². The Morgan fingerprint density at radius 3 is 3.08 bits per heavy atom. The standard InChI is InChI=1S/C10H17IO2/c1-9(8-11)5-7-13-10-4-2-3-6-12-10/h5,10H,2-4,6-8H2,1H3/b9-5+. The van der Waals surface area contributed by atoms with Crippen LogP contribution >= 0.6 is 22.6 Å². The van der Waals surface area contributed by atoms with E-state index < -0.39 is 0 Å². The molecule has 0 aromatic heterocycles. The molecule has 0 aromatic rings. The summed E-state index contributed by atoms with van der Waals surface area (Å²) in [6.07, 6.45) is 5.65. The van der Waals surface area contributed by atoms with Gasteiger partial charge in [0.25, 0.3) is 0 Å². The minimum atomic E-state index is 0.0482. The predicted molar refractivity (Wildman–Crippen MR) is 62.2 cm³/mol. The number of hydrogen-bond donors (Lipinski definition) is 0. The largest absolute Gasteiger partial charge is 0.353 e. The first-order valence-electron chi connectivity index (χ1n) is 4.77. The Hall–Kier alpha value is 0.390. The van der Waals surface area contributed by atoms with Gasteiger partial charge in [-0.3, -0.25) is 0 Å². The Morgan fingerprint density at radius 1 is 1.62 bits per heavy atom. The average Bonchev–Trinajstić information content (AvgIpc) is 2.19. The van der Waals surface area contributed by atoms with Crippen LogP contribution < -0.4 is 0 Å². The molecule has 0 saturated carbocycles. The van der Waals surface area contributed by atoms with Crippen LogP contribution in [0.15, 0.2) is 11.6 Å². The van der Waals surface area contributed by atoms with Crippen molar-refractivity contribution in [3.05, 3.63) is 11.6 Å². The molecule has 1 atom stereocenters. The SMILES string of the molecule is C/C(=C\COC1CCCCO1)CI. The molecule has 3 heteroatoms. The quantitative estimate of drug-likeness (QED) is 0.451. The molecule has 0 spiro atoms. The molecule has 1 aliphatic rings. The highest BCUT2D eigenvalue weighted by molar-refractivity contribution is 14.1. The van der Waals surface area contributed by atoms with Crippen LogP contribution in [0.2, 0.25) is 0 Å². The van der Waals surface area contributed by atoms with Crippen molar-refractivity contribution in [2.45, 2.75) is 32.5 Å². The number of ether oxygens (including phenoxy) is 2. The predicted octanol–water partition coefficient (Wildman–Crippen LogP) is 2.91. The molecule has 0 radical (unpaired) electrons. The smallest absolute Gasteiger partial charge is 0.157 e. The molecule has 1 fully saturated rings. The molecule has 0 bridgehead atoms. The summed E-state index contributed by atoms with van der Waals surface area (Å²) < 4.78 is 12.1. The molecular weight excluding hydrogens is 279 g/mol. The Kier molecular flexibility index (Phi) is 5.98. The summed E-state index contributed by atoms with van der Waals surface area (Å²) in [5.74, 6) is 0. The Balaban J connectivity index is 2.10. The summed E-state index contributed by atoms with van der Waals surface area (Å²) in [6.45, 7) is 3.68. The second kappa shape index (κ2) is 6.79. The van der Waals surface area contributed by atoms with Crippen LogP contribution in [0.5, 0.6) is 0 Å². The monoisotopic (exact) mass is 296 g/mol. The summed E-state index contributed by atoms with van der Waals surface area (Å²) in [4.78, 5) is 0. The second-order valence-electron chi connectivity index (χ2n) is 3.31. The molecular formula is C10H17IO2. The highest BCUT2D eigenvalue weighted by Gasteiger charge is 2.12. The van der Waals surface area contributed by atoms with Crippen LogP contribution in [0.25, 0.3) is 0 Å². The van der Waals surface area contributed by atoms with Crippen molar-refractivity contribution >= 4 is 22.6 Å². The van der Waals surface area contributed by atoms with Gasteiger partial charge in [0.1, 0.15) is 0 Å². The van der Waals surface area contributed by atoms with Crippen LogP contribution in [0.3, 0.4) is 0 Å². The lowest BCUT2D eigenvalue weighted by Crippen LogP contribution is -2.22. The third-order valence-corrected chi connectivity index (χ3v) is 3.27. The van der Waals surface area contributed by atoms with Gasteiger partial charge < -0.3 is 9.47 Å². The van der Waals surface area contributed by atoms with E-state index in [9.17, 15) is 0 Å². The lowest BCUT2D eigenvalue weighted by atomic mass is 10.2. The zero-order valence-electron chi connectivity index (χ0n) is 8.09. The van der Waals surface area contributed by atoms with Crippen LogP contribution in [0.1, 0.15) is 26.2 Å². The third-order valence-electron chi connectivity index (χ3n) is 2.06. The Bertz CT molecular complexity index is 162. The van der Waals surface area contributed by atoms with Crippen molar-refractivity contribution in [3.8, 4) is 0 Å². The van der Waals surface area contributed by atoms with Crippen molar-refractivity contribution in [1.29, 1.82) is 0 Å².